The van der Waals surface area contributed by atoms with Gasteiger partial charge in [-0.1, -0.05) is 0 Å². The molecule has 0 atom stereocenters. The van der Waals surface area contributed by atoms with Gasteiger partial charge in [-0.3, -0.25) is 5.32 Å². The molecule has 0 aliphatic rings. The Balaban J connectivity index is 0. The first-order valence-corrected chi connectivity index (χ1v) is 4.98. The zero-order valence-electron chi connectivity index (χ0n) is 7.80. The van der Waals surface area contributed by atoms with Crippen LogP contribution >= 0.6 is 0 Å². The summed E-state index contributed by atoms with van der Waals surface area (Å²) in [5.41, 5.74) is -1.53. The first kappa shape index (κ1) is 17.2. The summed E-state index contributed by atoms with van der Waals surface area (Å²) in [7, 11) is -4.48. The Morgan fingerprint density at radius 2 is 1.50 bits per heavy atom. The summed E-state index contributed by atoms with van der Waals surface area (Å²) >= 11 is 0. The number of aliphatic hydroxyl groups is 3. The van der Waals surface area contributed by atoms with Gasteiger partial charge >= 0.3 is 29.6 Å². The Labute approximate surface area is 104 Å². The largest absolute Gasteiger partial charge is 1.00 e. The van der Waals surface area contributed by atoms with Crippen LogP contribution in [0.4, 0.5) is 0 Å². The van der Waals surface area contributed by atoms with Crippen LogP contribution in [-0.4, -0.2) is 59.5 Å². The van der Waals surface area contributed by atoms with Gasteiger partial charge in [0, 0.05) is 0 Å². The molecule has 9 heteroatoms. The maximum Gasteiger partial charge on any atom is 1.00 e. The van der Waals surface area contributed by atoms with Crippen molar-refractivity contribution in [2.45, 2.75) is 5.54 Å². The van der Waals surface area contributed by atoms with Crippen LogP contribution in [0.2, 0.25) is 0 Å². The van der Waals surface area contributed by atoms with Crippen LogP contribution in [0, 0.1) is 0 Å². The molecular formula is C5H12NNaO6S. The maximum atomic E-state index is 10.2. The van der Waals surface area contributed by atoms with E-state index in [2.05, 4.69) is 5.32 Å². The molecule has 0 rings (SSSR count). The van der Waals surface area contributed by atoms with Crippen molar-refractivity contribution < 1.29 is 57.8 Å². The van der Waals surface area contributed by atoms with E-state index in [0.717, 1.165) is 0 Å². The molecule has 4 N–H and O–H groups in total. The minimum absolute atomic E-state index is 0. The number of nitrogens with one attached hydrogen (secondary N) is 1. The first-order valence-electron chi connectivity index (χ1n) is 3.40. The predicted octanol–water partition coefficient (Wildman–Crippen LogP) is -6.20. The van der Waals surface area contributed by atoms with Crippen LogP contribution in [0.3, 0.4) is 0 Å². The van der Waals surface area contributed by atoms with Gasteiger partial charge in [0.05, 0.1) is 31.2 Å². The molecule has 0 spiro atoms. The SMILES string of the molecule is O=S(=O)([O-])CNC(CO)(CO)CO.[Na+]. The van der Waals surface area contributed by atoms with E-state index in [1.165, 1.54) is 0 Å². The van der Waals surface area contributed by atoms with E-state index in [4.69, 9.17) is 15.3 Å². The van der Waals surface area contributed by atoms with Crippen molar-refractivity contribution in [1.82, 2.24) is 5.32 Å². The molecule has 0 amide bonds. The van der Waals surface area contributed by atoms with Crippen molar-refractivity contribution in [3.8, 4) is 0 Å². The maximum absolute atomic E-state index is 10.2. The fourth-order valence-electron chi connectivity index (χ4n) is 0.559. The zero-order valence-corrected chi connectivity index (χ0v) is 10.6. The average molecular weight is 237 g/mol. The van der Waals surface area contributed by atoms with E-state index >= 15 is 0 Å². The molecule has 0 saturated heterocycles. The van der Waals surface area contributed by atoms with Crippen molar-refractivity contribution in [1.29, 1.82) is 0 Å². The van der Waals surface area contributed by atoms with Gasteiger partial charge in [0.25, 0.3) is 0 Å². The summed E-state index contributed by atoms with van der Waals surface area (Å²) in [6.45, 7) is -2.01. The Morgan fingerprint density at radius 3 is 1.71 bits per heavy atom. The van der Waals surface area contributed by atoms with Gasteiger partial charge in [0.1, 0.15) is 10.1 Å². The third kappa shape index (κ3) is 6.27. The molecule has 7 nitrogen and oxygen atoms in total. The monoisotopic (exact) mass is 237 g/mol. The van der Waals surface area contributed by atoms with Crippen molar-refractivity contribution in [3.63, 3.8) is 0 Å². The quantitative estimate of drug-likeness (QED) is 0.267. The van der Waals surface area contributed by atoms with Gasteiger partial charge in [-0.25, -0.2) is 8.42 Å². The Hall–Kier alpha value is 0.750. The topological polar surface area (TPSA) is 130 Å². The van der Waals surface area contributed by atoms with Gasteiger partial charge in [-0.2, -0.15) is 0 Å². The summed E-state index contributed by atoms with van der Waals surface area (Å²) in [5.74, 6) is -0.950. The second-order valence-electron chi connectivity index (χ2n) is 2.63. The molecule has 0 aromatic rings. The second-order valence-corrected chi connectivity index (χ2v) is 4.04. The predicted molar refractivity (Wildman–Crippen MR) is 41.7 cm³/mol. The van der Waals surface area contributed by atoms with E-state index in [9.17, 15) is 13.0 Å². The Kier molecular flexibility index (Phi) is 8.69. The van der Waals surface area contributed by atoms with E-state index < -0.39 is 41.4 Å². The van der Waals surface area contributed by atoms with Crippen LogP contribution in [-0.2, 0) is 10.1 Å². The third-order valence-electron chi connectivity index (χ3n) is 1.53. The third-order valence-corrected chi connectivity index (χ3v) is 2.03. The Morgan fingerprint density at radius 1 is 1.14 bits per heavy atom. The molecule has 0 radical (unpaired) electrons. The van der Waals surface area contributed by atoms with Crippen molar-refractivity contribution in [2.24, 2.45) is 0 Å². The summed E-state index contributed by atoms with van der Waals surface area (Å²) < 4.78 is 30.5. The zero-order chi connectivity index (χ0) is 10.5. The van der Waals surface area contributed by atoms with E-state index in [0.29, 0.717) is 0 Å². The van der Waals surface area contributed by atoms with Gasteiger partial charge in [0.15, 0.2) is 0 Å². The van der Waals surface area contributed by atoms with Crippen molar-refractivity contribution in [2.75, 3.05) is 25.7 Å². The summed E-state index contributed by atoms with van der Waals surface area (Å²) in [6.07, 6.45) is 0. The minimum atomic E-state index is -4.48. The van der Waals surface area contributed by atoms with E-state index in [-0.39, 0.29) is 29.6 Å². The molecule has 0 aromatic heterocycles. The van der Waals surface area contributed by atoms with Crippen LogP contribution in [0.5, 0.6) is 0 Å². The van der Waals surface area contributed by atoms with Crippen molar-refractivity contribution in [3.05, 3.63) is 0 Å². The molecule has 0 aromatic carbocycles. The molecule has 0 fully saturated rings. The van der Waals surface area contributed by atoms with Crippen LogP contribution in [0.1, 0.15) is 0 Å². The van der Waals surface area contributed by atoms with Gasteiger partial charge in [-0.15, -0.1) is 0 Å². The molecule has 0 heterocycles. The molecule has 80 valence electrons. The molecule has 0 bridgehead atoms. The van der Waals surface area contributed by atoms with Crippen LogP contribution < -0.4 is 34.9 Å². The molecule has 0 saturated carbocycles. The molecular weight excluding hydrogens is 225 g/mol. The molecule has 0 aliphatic heterocycles. The summed E-state index contributed by atoms with van der Waals surface area (Å²) in [4.78, 5) is 0. The standard InChI is InChI=1S/C5H13NO6S.Na/c7-1-5(2-8,3-9)6-4-13(10,11)12;/h6-9H,1-4H2,(H,10,11,12);/q;+1/p-1. The number of aliphatic hydroxyl groups excluding tert-OH is 3. The number of hydrogen-bond acceptors (Lipinski definition) is 7. The minimum Gasteiger partial charge on any atom is -0.747 e. The number of rotatable bonds is 6. The van der Waals surface area contributed by atoms with Gasteiger partial charge in [-0.05, 0) is 0 Å². The second kappa shape index (κ2) is 7.09. The number of hydrogen-bond donors (Lipinski definition) is 4. The van der Waals surface area contributed by atoms with Crippen LogP contribution in [0.25, 0.3) is 0 Å². The van der Waals surface area contributed by atoms with Crippen molar-refractivity contribution >= 4 is 10.1 Å². The van der Waals surface area contributed by atoms with E-state index in [1.54, 1.807) is 0 Å². The van der Waals surface area contributed by atoms with Crippen LogP contribution in [0.15, 0.2) is 0 Å². The summed E-state index contributed by atoms with van der Waals surface area (Å²) in [5, 5.41) is 28.2. The molecule has 0 aliphatic carbocycles. The van der Waals surface area contributed by atoms with Gasteiger partial charge in [0.2, 0.25) is 0 Å². The fourth-order valence-corrected chi connectivity index (χ4v) is 1.04. The fraction of sp³-hybridized carbons (Fsp3) is 1.00. The average Bonchev–Trinajstić information content (AvgIpc) is 2.06. The van der Waals surface area contributed by atoms with E-state index in [1.807, 2.05) is 0 Å². The van der Waals surface area contributed by atoms with Gasteiger partial charge < -0.3 is 19.9 Å². The molecule has 0 unspecified atom stereocenters. The Bertz CT molecular complexity index is 230. The summed E-state index contributed by atoms with van der Waals surface area (Å²) in [6, 6.07) is 0. The smallest absolute Gasteiger partial charge is 0.747 e. The first-order chi connectivity index (χ1) is 5.89. The molecule has 14 heavy (non-hydrogen) atoms. The normalized spacial score (nSPS) is 12.3.